The van der Waals surface area contributed by atoms with Gasteiger partial charge in [0, 0.05) is 31.6 Å². The van der Waals surface area contributed by atoms with Crippen molar-refractivity contribution < 1.29 is 19.8 Å². The van der Waals surface area contributed by atoms with Gasteiger partial charge in [-0.2, -0.15) is 0 Å². The lowest BCUT2D eigenvalue weighted by Gasteiger charge is -2.19. The second-order valence-electron chi connectivity index (χ2n) is 4.10. The fraction of sp³-hybridized carbons (Fsp3) is 0.333. The Morgan fingerprint density at radius 1 is 1.22 bits per heavy atom. The van der Waals surface area contributed by atoms with Crippen molar-refractivity contribution in [3.63, 3.8) is 0 Å². The van der Waals surface area contributed by atoms with Crippen LogP contribution in [-0.2, 0) is 4.79 Å². The van der Waals surface area contributed by atoms with Crippen LogP contribution in [0.25, 0.3) is 0 Å². The molecule has 1 aliphatic heterocycles. The van der Waals surface area contributed by atoms with E-state index in [0.29, 0.717) is 25.2 Å². The van der Waals surface area contributed by atoms with Crippen LogP contribution in [0.1, 0.15) is 16.8 Å². The van der Waals surface area contributed by atoms with E-state index in [1.165, 1.54) is 18.2 Å². The molecule has 0 bridgehead atoms. The molecule has 0 aliphatic carbocycles. The Morgan fingerprint density at radius 3 is 2.72 bits per heavy atom. The summed E-state index contributed by atoms with van der Waals surface area (Å²) in [5.74, 6) is -0.926. The highest BCUT2D eigenvalue weighted by molar-refractivity contribution is 5.95. The Labute approximate surface area is 104 Å². The minimum Gasteiger partial charge on any atom is -0.504 e. The molecule has 3 N–H and O–H groups in total. The van der Waals surface area contributed by atoms with Gasteiger partial charge >= 0.3 is 0 Å². The van der Waals surface area contributed by atoms with E-state index >= 15 is 0 Å². The van der Waals surface area contributed by atoms with Gasteiger partial charge in [-0.15, -0.1) is 0 Å². The maximum Gasteiger partial charge on any atom is 0.254 e. The Kier molecular flexibility index (Phi) is 3.36. The van der Waals surface area contributed by atoms with Gasteiger partial charge in [-0.05, 0) is 18.2 Å². The fourth-order valence-corrected chi connectivity index (χ4v) is 1.81. The van der Waals surface area contributed by atoms with Crippen molar-refractivity contribution >= 4 is 11.8 Å². The van der Waals surface area contributed by atoms with Crippen LogP contribution in [-0.4, -0.2) is 46.6 Å². The summed E-state index contributed by atoms with van der Waals surface area (Å²) < 4.78 is 0. The van der Waals surface area contributed by atoms with E-state index in [9.17, 15) is 19.8 Å². The summed E-state index contributed by atoms with van der Waals surface area (Å²) in [5.41, 5.74) is 0.291. The summed E-state index contributed by atoms with van der Waals surface area (Å²) in [6, 6.07) is 3.93. The average molecular weight is 250 g/mol. The predicted octanol–water partition coefficient (Wildman–Crippen LogP) is 0.0599. The third-order valence-corrected chi connectivity index (χ3v) is 2.82. The van der Waals surface area contributed by atoms with Crippen LogP contribution in [0.4, 0.5) is 0 Å². The molecule has 0 aromatic heterocycles. The molecular formula is C12H14N2O4. The number of nitrogens with one attached hydrogen (secondary N) is 1. The first-order chi connectivity index (χ1) is 8.58. The van der Waals surface area contributed by atoms with Gasteiger partial charge in [0.2, 0.25) is 5.91 Å². The first-order valence-electron chi connectivity index (χ1n) is 5.66. The Hall–Kier alpha value is -2.24. The Bertz CT molecular complexity index is 487. The molecular weight excluding hydrogens is 236 g/mol. The fourth-order valence-electron chi connectivity index (χ4n) is 1.81. The van der Waals surface area contributed by atoms with Gasteiger partial charge in [0.1, 0.15) is 0 Å². The van der Waals surface area contributed by atoms with Crippen molar-refractivity contribution in [2.75, 3.05) is 19.6 Å². The van der Waals surface area contributed by atoms with E-state index in [0.717, 1.165) is 0 Å². The highest BCUT2D eigenvalue weighted by Crippen LogP contribution is 2.25. The molecule has 96 valence electrons. The van der Waals surface area contributed by atoms with Crippen molar-refractivity contribution in [2.24, 2.45) is 0 Å². The number of nitrogens with zero attached hydrogens (tertiary/aromatic N) is 1. The monoisotopic (exact) mass is 250 g/mol. The van der Waals surface area contributed by atoms with E-state index in [4.69, 9.17) is 0 Å². The van der Waals surface area contributed by atoms with Gasteiger partial charge in [0.05, 0.1) is 0 Å². The van der Waals surface area contributed by atoms with E-state index in [1.807, 2.05) is 0 Å². The summed E-state index contributed by atoms with van der Waals surface area (Å²) >= 11 is 0. The van der Waals surface area contributed by atoms with E-state index in [2.05, 4.69) is 5.32 Å². The van der Waals surface area contributed by atoms with Crippen LogP contribution < -0.4 is 5.32 Å². The average Bonchev–Trinajstić information content (AvgIpc) is 2.57. The number of hydrogen-bond donors (Lipinski definition) is 3. The number of aromatic hydroxyl groups is 2. The summed E-state index contributed by atoms with van der Waals surface area (Å²) in [4.78, 5) is 24.8. The summed E-state index contributed by atoms with van der Waals surface area (Å²) in [7, 11) is 0. The van der Waals surface area contributed by atoms with Gasteiger partial charge in [0.25, 0.3) is 5.91 Å². The van der Waals surface area contributed by atoms with Crippen LogP contribution in [0.15, 0.2) is 18.2 Å². The number of benzene rings is 1. The SMILES string of the molecule is O=C1CCN(C(=O)c2ccc(O)c(O)c2)CCN1. The number of carbonyl (C=O) groups is 2. The summed E-state index contributed by atoms with van der Waals surface area (Å²) in [6.07, 6.45) is 0.274. The van der Waals surface area contributed by atoms with Crippen LogP contribution in [0.2, 0.25) is 0 Å². The van der Waals surface area contributed by atoms with Crippen molar-refractivity contribution in [2.45, 2.75) is 6.42 Å². The molecule has 2 rings (SSSR count). The smallest absolute Gasteiger partial charge is 0.254 e. The van der Waals surface area contributed by atoms with Crippen molar-refractivity contribution in [3.05, 3.63) is 23.8 Å². The zero-order valence-corrected chi connectivity index (χ0v) is 9.72. The summed E-state index contributed by atoms with van der Waals surface area (Å²) in [5, 5.41) is 21.2. The lowest BCUT2D eigenvalue weighted by Crippen LogP contribution is -2.34. The minimum atomic E-state index is -0.329. The standard InChI is InChI=1S/C12H14N2O4/c15-9-2-1-8(7-10(9)16)12(18)14-5-3-11(17)13-4-6-14/h1-2,7,15-16H,3-6H2,(H,13,17). The second kappa shape index (κ2) is 4.95. The van der Waals surface area contributed by atoms with Crippen molar-refractivity contribution in [1.29, 1.82) is 0 Å². The molecule has 0 saturated carbocycles. The molecule has 1 heterocycles. The first-order valence-corrected chi connectivity index (χ1v) is 5.66. The van der Waals surface area contributed by atoms with Gasteiger partial charge < -0.3 is 20.4 Å². The number of phenols is 2. The van der Waals surface area contributed by atoms with Gasteiger partial charge in [-0.25, -0.2) is 0 Å². The highest BCUT2D eigenvalue weighted by Gasteiger charge is 2.20. The third kappa shape index (κ3) is 2.53. The van der Waals surface area contributed by atoms with E-state index in [1.54, 1.807) is 4.90 Å². The molecule has 0 spiro atoms. The number of phenolic OH excluding ortho intramolecular Hbond substituents is 2. The Balaban J connectivity index is 2.14. The number of hydrogen-bond acceptors (Lipinski definition) is 4. The van der Waals surface area contributed by atoms with E-state index in [-0.39, 0.29) is 29.7 Å². The molecule has 1 fully saturated rings. The minimum absolute atomic E-state index is 0.0705. The molecule has 1 aliphatic rings. The summed E-state index contributed by atoms with van der Waals surface area (Å²) in [6.45, 7) is 1.22. The molecule has 6 nitrogen and oxygen atoms in total. The molecule has 0 atom stereocenters. The molecule has 6 heteroatoms. The maximum absolute atomic E-state index is 12.1. The quantitative estimate of drug-likeness (QED) is 0.615. The lowest BCUT2D eigenvalue weighted by molar-refractivity contribution is -0.120. The molecule has 18 heavy (non-hydrogen) atoms. The topological polar surface area (TPSA) is 89.9 Å². The molecule has 0 unspecified atom stereocenters. The van der Waals surface area contributed by atoms with Crippen molar-refractivity contribution in [1.82, 2.24) is 10.2 Å². The second-order valence-corrected chi connectivity index (χ2v) is 4.10. The number of amides is 2. The molecule has 1 saturated heterocycles. The molecule has 0 radical (unpaired) electrons. The van der Waals surface area contributed by atoms with Gasteiger partial charge in [-0.1, -0.05) is 0 Å². The normalized spacial score (nSPS) is 16.0. The number of rotatable bonds is 1. The highest BCUT2D eigenvalue weighted by atomic mass is 16.3. The largest absolute Gasteiger partial charge is 0.504 e. The van der Waals surface area contributed by atoms with E-state index < -0.39 is 0 Å². The Morgan fingerprint density at radius 2 is 2.00 bits per heavy atom. The van der Waals surface area contributed by atoms with Crippen LogP contribution in [0.5, 0.6) is 11.5 Å². The lowest BCUT2D eigenvalue weighted by atomic mass is 10.1. The first kappa shape index (κ1) is 12.2. The molecule has 2 amide bonds. The maximum atomic E-state index is 12.1. The molecule has 1 aromatic rings. The van der Waals surface area contributed by atoms with Crippen molar-refractivity contribution in [3.8, 4) is 11.5 Å². The predicted molar refractivity (Wildman–Crippen MR) is 63.3 cm³/mol. The van der Waals surface area contributed by atoms with Gasteiger partial charge in [0.15, 0.2) is 11.5 Å². The molecule has 1 aromatic carbocycles. The zero-order chi connectivity index (χ0) is 13.1. The van der Waals surface area contributed by atoms with Crippen LogP contribution in [0, 0.1) is 0 Å². The van der Waals surface area contributed by atoms with Crippen LogP contribution >= 0.6 is 0 Å². The van der Waals surface area contributed by atoms with Crippen LogP contribution in [0.3, 0.4) is 0 Å². The van der Waals surface area contributed by atoms with Gasteiger partial charge in [-0.3, -0.25) is 9.59 Å². The number of carbonyl (C=O) groups excluding carboxylic acids is 2. The zero-order valence-electron chi connectivity index (χ0n) is 9.72. The third-order valence-electron chi connectivity index (χ3n) is 2.82.